The molecule has 2 amide bonds. The number of hydrogen-bond donors (Lipinski definition) is 1. The minimum atomic E-state index is -0.564. The number of rotatable bonds is 2. The van der Waals surface area contributed by atoms with Gasteiger partial charge in [-0.25, -0.2) is 4.79 Å². The fraction of sp³-hybridized carbons (Fsp3) is 0.556. The Hall–Kier alpha value is -2.64. The van der Waals surface area contributed by atoms with Crippen molar-refractivity contribution in [2.75, 3.05) is 26.7 Å². The summed E-state index contributed by atoms with van der Waals surface area (Å²) in [7, 11) is 1.69. The number of pyridine rings is 1. The van der Waals surface area contributed by atoms with Gasteiger partial charge in [0.1, 0.15) is 11.2 Å². The standard InChI is InChI=1S/C18H23N3O5/c1-11-13(12(2)22)9-14(15(23)19-11)16(24)21-7-4-5-18(6-8-21)10-20(3)17(25)26-18/h9H,4-8,10H2,1-3H3,(H,19,23)/t18-/m0/s1. The molecule has 1 N–H and O–H groups in total. The number of aryl methyl sites for hydroxylation is 1. The van der Waals surface area contributed by atoms with E-state index < -0.39 is 17.1 Å². The van der Waals surface area contributed by atoms with Crippen molar-refractivity contribution in [3.8, 4) is 0 Å². The van der Waals surface area contributed by atoms with E-state index in [0.717, 1.165) is 0 Å². The molecule has 1 spiro atoms. The topological polar surface area (TPSA) is 99.8 Å². The van der Waals surface area contributed by atoms with Gasteiger partial charge in [-0.2, -0.15) is 0 Å². The van der Waals surface area contributed by atoms with Gasteiger partial charge >= 0.3 is 6.09 Å². The lowest BCUT2D eigenvalue weighted by molar-refractivity contribution is 0.0438. The molecule has 2 fully saturated rings. The number of nitrogens with one attached hydrogen (secondary N) is 1. The zero-order chi connectivity index (χ0) is 19.1. The minimum absolute atomic E-state index is 0.0303. The second-order valence-corrected chi connectivity index (χ2v) is 7.16. The molecule has 26 heavy (non-hydrogen) atoms. The van der Waals surface area contributed by atoms with Crippen molar-refractivity contribution < 1.29 is 19.1 Å². The van der Waals surface area contributed by atoms with Gasteiger partial charge in [0.05, 0.1) is 6.54 Å². The number of aromatic nitrogens is 1. The predicted molar refractivity (Wildman–Crippen MR) is 93.4 cm³/mol. The van der Waals surface area contributed by atoms with Crippen LogP contribution in [0.4, 0.5) is 4.79 Å². The second-order valence-electron chi connectivity index (χ2n) is 7.16. The van der Waals surface area contributed by atoms with E-state index in [1.54, 1.807) is 23.8 Å². The predicted octanol–water partition coefficient (Wildman–Crippen LogP) is 1.33. The van der Waals surface area contributed by atoms with E-state index in [0.29, 0.717) is 50.2 Å². The number of H-pyrrole nitrogens is 1. The zero-order valence-electron chi connectivity index (χ0n) is 15.3. The first-order chi connectivity index (χ1) is 12.2. The number of ether oxygens (including phenoxy) is 1. The van der Waals surface area contributed by atoms with E-state index in [-0.39, 0.29) is 17.4 Å². The molecule has 140 valence electrons. The van der Waals surface area contributed by atoms with Gasteiger partial charge in [0.15, 0.2) is 5.78 Å². The molecule has 1 aromatic rings. The molecule has 0 saturated carbocycles. The number of likely N-dealkylation sites (N-methyl/N-ethyl adjacent to an activating group) is 1. The molecule has 0 aliphatic carbocycles. The highest BCUT2D eigenvalue weighted by molar-refractivity contribution is 5.99. The number of carbonyl (C=O) groups excluding carboxylic acids is 3. The maximum atomic E-state index is 12.9. The third kappa shape index (κ3) is 3.23. The molecule has 2 aliphatic heterocycles. The highest BCUT2D eigenvalue weighted by atomic mass is 16.6. The van der Waals surface area contributed by atoms with Gasteiger partial charge in [0, 0.05) is 37.8 Å². The van der Waals surface area contributed by atoms with Gasteiger partial charge < -0.3 is 19.5 Å². The third-order valence-corrected chi connectivity index (χ3v) is 5.17. The Morgan fingerprint density at radius 3 is 2.54 bits per heavy atom. The molecule has 3 rings (SSSR count). The molecule has 8 heteroatoms. The fourth-order valence-corrected chi connectivity index (χ4v) is 3.74. The molecule has 0 aromatic carbocycles. The van der Waals surface area contributed by atoms with Gasteiger partial charge in [0.25, 0.3) is 11.5 Å². The van der Waals surface area contributed by atoms with Crippen molar-refractivity contribution in [1.82, 2.24) is 14.8 Å². The SMILES string of the molecule is CC(=O)c1cc(C(=O)N2CCC[C@]3(CC2)CN(C)C(=O)O3)c(=O)[nH]c1C. The summed E-state index contributed by atoms with van der Waals surface area (Å²) in [6, 6.07) is 1.38. The first-order valence-electron chi connectivity index (χ1n) is 8.71. The average Bonchev–Trinajstić information content (AvgIpc) is 2.72. The Balaban J connectivity index is 1.81. The van der Waals surface area contributed by atoms with Crippen molar-refractivity contribution in [1.29, 1.82) is 0 Å². The Bertz CT molecular complexity index is 831. The Kier molecular flexibility index (Phi) is 4.60. The quantitative estimate of drug-likeness (QED) is 0.801. The van der Waals surface area contributed by atoms with E-state index >= 15 is 0 Å². The van der Waals surface area contributed by atoms with Gasteiger partial charge in [-0.1, -0.05) is 0 Å². The lowest BCUT2D eigenvalue weighted by atomic mass is 9.95. The monoisotopic (exact) mass is 361 g/mol. The summed E-state index contributed by atoms with van der Waals surface area (Å²) < 4.78 is 5.54. The number of ketones is 1. The maximum absolute atomic E-state index is 12.9. The molecule has 2 saturated heterocycles. The molecule has 2 aliphatic rings. The summed E-state index contributed by atoms with van der Waals surface area (Å²) in [5, 5.41) is 0. The number of nitrogens with zero attached hydrogens (tertiary/aromatic N) is 2. The summed E-state index contributed by atoms with van der Waals surface area (Å²) in [6.07, 6.45) is 1.54. The summed E-state index contributed by atoms with van der Waals surface area (Å²) in [6.45, 7) is 4.41. The summed E-state index contributed by atoms with van der Waals surface area (Å²) >= 11 is 0. The van der Waals surface area contributed by atoms with Crippen LogP contribution in [0.2, 0.25) is 0 Å². The van der Waals surface area contributed by atoms with Crippen LogP contribution in [-0.4, -0.2) is 64.9 Å². The molecule has 0 unspecified atom stereocenters. The van der Waals surface area contributed by atoms with Gasteiger partial charge in [-0.15, -0.1) is 0 Å². The van der Waals surface area contributed by atoms with Crippen LogP contribution in [0.1, 0.15) is 52.6 Å². The zero-order valence-corrected chi connectivity index (χ0v) is 15.3. The van der Waals surface area contributed by atoms with Crippen molar-refractivity contribution in [3.05, 3.63) is 33.2 Å². The van der Waals surface area contributed by atoms with E-state index in [1.807, 2.05) is 0 Å². The largest absolute Gasteiger partial charge is 0.441 e. The van der Waals surface area contributed by atoms with Crippen molar-refractivity contribution >= 4 is 17.8 Å². The lowest BCUT2D eigenvalue weighted by Gasteiger charge is -2.25. The van der Waals surface area contributed by atoms with Crippen LogP contribution in [0.3, 0.4) is 0 Å². The first-order valence-corrected chi connectivity index (χ1v) is 8.71. The Morgan fingerprint density at radius 1 is 1.19 bits per heavy atom. The molecule has 8 nitrogen and oxygen atoms in total. The maximum Gasteiger partial charge on any atom is 0.410 e. The van der Waals surface area contributed by atoms with Crippen molar-refractivity contribution in [2.24, 2.45) is 0 Å². The first kappa shape index (κ1) is 18.2. The summed E-state index contributed by atoms with van der Waals surface area (Å²) in [4.78, 5) is 54.3. The lowest BCUT2D eigenvalue weighted by Crippen LogP contribution is -2.38. The summed E-state index contributed by atoms with van der Waals surface area (Å²) in [5.74, 6) is -0.605. The van der Waals surface area contributed by atoms with Crippen LogP contribution in [0.25, 0.3) is 0 Å². The highest BCUT2D eigenvalue weighted by Gasteiger charge is 2.44. The normalized spacial score (nSPS) is 23.1. The van der Waals surface area contributed by atoms with E-state index in [9.17, 15) is 19.2 Å². The van der Waals surface area contributed by atoms with Gasteiger partial charge in [0.2, 0.25) is 0 Å². The van der Waals surface area contributed by atoms with E-state index in [2.05, 4.69) is 4.98 Å². The highest BCUT2D eigenvalue weighted by Crippen LogP contribution is 2.32. The minimum Gasteiger partial charge on any atom is -0.441 e. The van der Waals surface area contributed by atoms with E-state index in [1.165, 1.54) is 13.0 Å². The van der Waals surface area contributed by atoms with Crippen molar-refractivity contribution in [2.45, 2.75) is 38.7 Å². The van der Waals surface area contributed by atoms with Crippen LogP contribution in [0.15, 0.2) is 10.9 Å². The molecule has 1 aromatic heterocycles. The number of Topliss-reactive ketones (excluding diaryl/α,β-unsaturated/α-hetero) is 1. The van der Waals surface area contributed by atoms with Crippen LogP contribution < -0.4 is 5.56 Å². The smallest absolute Gasteiger partial charge is 0.410 e. The van der Waals surface area contributed by atoms with Gasteiger partial charge in [-0.05, 0) is 32.8 Å². The molecule has 0 radical (unpaired) electrons. The van der Waals surface area contributed by atoms with Crippen LogP contribution >= 0.6 is 0 Å². The second kappa shape index (κ2) is 6.59. The number of likely N-dealkylation sites (tertiary alicyclic amines) is 1. The van der Waals surface area contributed by atoms with Crippen molar-refractivity contribution in [3.63, 3.8) is 0 Å². The number of amides is 2. The van der Waals surface area contributed by atoms with Gasteiger partial charge in [-0.3, -0.25) is 14.4 Å². The molecule has 0 bridgehead atoms. The molecule has 3 heterocycles. The Labute approximate surface area is 151 Å². The third-order valence-electron chi connectivity index (χ3n) is 5.17. The number of aromatic amines is 1. The molecular weight excluding hydrogens is 338 g/mol. The van der Waals surface area contributed by atoms with Crippen LogP contribution in [0.5, 0.6) is 0 Å². The molecule has 1 atom stereocenters. The average molecular weight is 361 g/mol. The fourth-order valence-electron chi connectivity index (χ4n) is 3.74. The number of hydrogen-bond acceptors (Lipinski definition) is 5. The number of carbonyl (C=O) groups is 3. The molecular formula is C18H23N3O5. The van der Waals surface area contributed by atoms with E-state index in [4.69, 9.17) is 4.74 Å². The summed E-state index contributed by atoms with van der Waals surface area (Å²) in [5.41, 5.74) is -0.299. The van der Waals surface area contributed by atoms with Crippen LogP contribution in [0, 0.1) is 6.92 Å². The van der Waals surface area contributed by atoms with Crippen LogP contribution in [-0.2, 0) is 4.74 Å². The Morgan fingerprint density at radius 2 is 1.92 bits per heavy atom.